The Morgan fingerprint density at radius 1 is 1.17 bits per heavy atom. The summed E-state index contributed by atoms with van der Waals surface area (Å²) in [5.74, 6) is -0.971. The molecule has 29 heavy (non-hydrogen) atoms. The molecular weight excluding hydrogens is 388 g/mol. The first kappa shape index (κ1) is 19.2. The quantitative estimate of drug-likeness (QED) is 0.606. The van der Waals surface area contributed by atoms with Crippen molar-refractivity contribution in [1.82, 2.24) is 14.9 Å². The molecule has 7 nitrogen and oxygen atoms in total. The van der Waals surface area contributed by atoms with Gasteiger partial charge in [0.2, 0.25) is 17.7 Å². The fourth-order valence-electron chi connectivity index (χ4n) is 3.41. The van der Waals surface area contributed by atoms with Crippen LogP contribution in [0.2, 0.25) is 0 Å². The Morgan fingerprint density at radius 2 is 1.93 bits per heavy atom. The molecule has 0 saturated carbocycles. The van der Waals surface area contributed by atoms with Crippen LogP contribution in [0.1, 0.15) is 29.7 Å². The maximum Gasteiger partial charge on any atom is 0.249 e. The van der Waals surface area contributed by atoms with Gasteiger partial charge >= 0.3 is 0 Å². The molecule has 1 fully saturated rings. The molecule has 0 bridgehead atoms. The maximum atomic E-state index is 13.1. The highest BCUT2D eigenvalue weighted by Crippen LogP contribution is 2.32. The normalized spacial score (nSPS) is 14.1. The Hall–Kier alpha value is -3.13. The summed E-state index contributed by atoms with van der Waals surface area (Å²) < 4.78 is 0.990. The summed E-state index contributed by atoms with van der Waals surface area (Å²) in [5.41, 5.74) is 3.72. The van der Waals surface area contributed by atoms with Gasteiger partial charge < -0.3 is 0 Å². The van der Waals surface area contributed by atoms with E-state index >= 15 is 0 Å². The van der Waals surface area contributed by atoms with E-state index in [1.165, 1.54) is 16.2 Å². The lowest BCUT2D eigenvalue weighted by molar-refractivity contribution is -0.141. The van der Waals surface area contributed by atoms with Crippen LogP contribution in [-0.2, 0) is 20.9 Å². The number of pyridine rings is 1. The van der Waals surface area contributed by atoms with E-state index in [1.54, 1.807) is 12.3 Å². The van der Waals surface area contributed by atoms with Gasteiger partial charge in [-0.15, -0.1) is 0 Å². The van der Waals surface area contributed by atoms with Crippen molar-refractivity contribution in [2.75, 3.05) is 11.4 Å². The number of hydrogen-bond donors (Lipinski definition) is 0. The van der Waals surface area contributed by atoms with E-state index in [-0.39, 0.29) is 43.7 Å². The van der Waals surface area contributed by atoms with Gasteiger partial charge in [-0.3, -0.25) is 29.2 Å². The zero-order chi connectivity index (χ0) is 20.5. The van der Waals surface area contributed by atoms with Crippen molar-refractivity contribution in [3.05, 3.63) is 53.3 Å². The summed E-state index contributed by atoms with van der Waals surface area (Å²) in [4.78, 5) is 48.6. The van der Waals surface area contributed by atoms with E-state index in [0.29, 0.717) is 10.8 Å². The van der Waals surface area contributed by atoms with Crippen molar-refractivity contribution in [3.63, 3.8) is 0 Å². The van der Waals surface area contributed by atoms with Gasteiger partial charge in [0.15, 0.2) is 5.13 Å². The van der Waals surface area contributed by atoms with Gasteiger partial charge in [0, 0.05) is 19.0 Å². The summed E-state index contributed by atoms with van der Waals surface area (Å²) in [6.45, 7) is 3.95. The van der Waals surface area contributed by atoms with Gasteiger partial charge in [-0.2, -0.15) is 0 Å². The molecule has 4 rings (SSSR count). The number of imide groups is 1. The Kier molecular flexibility index (Phi) is 5.10. The molecule has 0 N–H and O–H groups in total. The highest BCUT2D eigenvalue weighted by atomic mass is 32.1. The monoisotopic (exact) mass is 408 g/mol. The average molecular weight is 408 g/mol. The van der Waals surface area contributed by atoms with Gasteiger partial charge in [0.1, 0.15) is 6.54 Å². The smallest absolute Gasteiger partial charge is 0.249 e. The number of aromatic nitrogens is 2. The van der Waals surface area contributed by atoms with Crippen LogP contribution < -0.4 is 4.90 Å². The molecule has 3 heterocycles. The number of amides is 3. The molecule has 8 heteroatoms. The van der Waals surface area contributed by atoms with Gasteiger partial charge in [0.05, 0.1) is 22.5 Å². The molecule has 148 valence electrons. The molecule has 0 radical (unpaired) electrons. The van der Waals surface area contributed by atoms with Crippen LogP contribution in [0, 0.1) is 13.8 Å². The summed E-state index contributed by atoms with van der Waals surface area (Å²) in [7, 11) is 0. The molecule has 1 aromatic carbocycles. The minimum Gasteiger partial charge on any atom is -0.280 e. The number of fused-ring (bicyclic) bond motifs is 1. The summed E-state index contributed by atoms with van der Waals surface area (Å²) >= 11 is 1.42. The van der Waals surface area contributed by atoms with Gasteiger partial charge in [-0.05, 0) is 43.2 Å². The Bertz CT molecular complexity index is 1090. The van der Waals surface area contributed by atoms with Gasteiger partial charge in [-0.1, -0.05) is 23.5 Å². The van der Waals surface area contributed by atoms with Crippen molar-refractivity contribution >= 4 is 44.4 Å². The summed E-state index contributed by atoms with van der Waals surface area (Å²) in [6.07, 6.45) is 1.98. The Balaban J connectivity index is 1.70. The number of hydrogen-bond acceptors (Lipinski definition) is 6. The van der Waals surface area contributed by atoms with Crippen LogP contribution in [0.15, 0.2) is 36.5 Å². The molecule has 0 atom stereocenters. The lowest BCUT2D eigenvalue weighted by Gasteiger charge is -2.22. The third-order valence-electron chi connectivity index (χ3n) is 4.84. The number of carbonyl (C=O) groups is 3. The number of thiazole rings is 1. The molecular formula is C21H20N4O3S. The largest absolute Gasteiger partial charge is 0.280 e. The Morgan fingerprint density at radius 3 is 2.62 bits per heavy atom. The van der Waals surface area contributed by atoms with E-state index in [9.17, 15) is 14.4 Å². The molecule has 3 aromatic rings. The zero-order valence-electron chi connectivity index (χ0n) is 16.2. The number of nitrogens with zero attached hydrogens (tertiary/aromatic N) is 4. The molecule has 3 amide bonds. The van der Waals surface area contributed by atoms with Crippen LogP contribution in [-0.4, -0.2) is 39.1 Å². The fourth-order valence-corrected chi connectivity index (χ4v) is 4.57. The number of benzene rings is 1. The molecule has 2 aromatic heterocycles. The van der Waals surface area contributed by atoms with E-state index in [1.807, 2.05) is 32.0 Å². The average Bonchev–Trinajstić information content (AvgIpc) is 3.25. The minimum atomic E-state index is -0.354. The first-order valence-corrected chi connectivity index (χ1v) is 10.2. The molecule has 1 aliphatic heterocycles. The van der Waals surface area contributed by atoms with Crippen LogP contribution in [0.3, 0.4) is 0 Å². The van der Waals surface area contributed by atoms with Crippen LogP contribution in [0.5, 0.6) is 0 Å². The molecule has 0 aliphatic carbocycles. The maximum absolute atomic E-state index is 13.1. The third-order valence-corrected chi connectivity index (χ3v) is 5.87. The predicted octanol–water partition coefficient (Wildman–Crippen LogP) is 2.99. The van der Waals surface area contributed by atoms with Crippen molar-refractivity contribution in [1.29, 1.82) is 0 Å². The minimum absolute atomic E-state index is 0.159. The second-order valence-electron chi connectivity index (χ2n) is 7.10. The number of aryl methyl sites for hydroxylation is 2. The molecule has 0 unspecified atom stereocenters. The van der Waals surface area contributed by atoms with E-state index in [4.69, 9.17) is 4.98 Å². The van der Waals surface area contributed by atoms with Crippen molar-refractivity contribution < 1.29 is 14.4 Å². The molecule has 0 spiro atoms. The number of likely N-dealkylation sites (tertiary alicyclic amines) is 1. The number of rotatable bonds is 5. The highest BCUT2D eigenvalue weighted by Gasteiger charge is 2.33. The molecule has 1 aliphatic rings. The number of anilines is 1. The predicted molar refractivity (Wildman–Crippen MR) is 110 cm³/mol. The highest BCUT2D eigenvalue weighted by molar-refractivity contribution is 7.22. The van der Waals surface area contributed by atoms with Crippen molar-refractivity contribution in [2.24, 2.45) is 0 Å². The first-order valence-electron chi connectivity index (χ1n) is 9.33. The standard InChI is InChI=1S/C21H20N4O3S/c1-13-9-14(2)20-16(10-13)29-21(23-20)25(11-15-5-3-4-8-22-15)19(28)12-24-17(26)6-7-18(24)27/h3-5,8-10H,6-7,11-12H2,1-2H3. The topological polar surface area (TPSA) is 83.5 Å². The zero-order valence-corrected chi connectivity index (χ0v) is 17.0. The second kappa shape index (κ2) is 7.71. The van der Waals surface area contributed by atoms with Gasteiger partial charge in [0.25, 0.3) is 0 Å². The second-order valence-corrected chi connectivity index (χ2v) is 8.11. The van der Waals surface area contributed by atoms with Crippen LogP contribution in [0.25, 0.3) is 10.2 Å². The summed E-state index contributed by atoms with van der Waals surface area (Å²) in [5, 5.41) is 0.531. The van der Waals surface area contributed by atoms with E-state index in [2.05, 4.69) is 11.1 Å². The van der Waals surface area contributed by atoms with E-state index < -0.39 is 0 Å². The Labute approximate surface area is 172 Å². The lowest BCUT2D eigenvalue weighted by Crippen LogP contribution is -2.42. The van der Waals surface area contributed by atoms with Crippen molar-refractivity contribution in [3.8, 4) is 0 Å². The number of carbonyl (C=O) groups excluding carboxylic acids is 3. The van der Waals surface area contributed by atoms with Crippen LogP contribution >= 0.6 is 11.3 Å². The fraction of sp³-hybridized carbons (Fsp3) is 0.286. The lowest BCUT2D eigenvalue weighted by atomic mass is 10.1. The van der Waals surface area contributed by atoms with Crippen LogP contribution in [0.4, 0.5) is 5.13 Å². The van der Waals surface area contributed by atoms with Gasteiger partial charge in [-0.25, -0.2) is 4.98 Å². The van der Waals surface area contributed by atoms with E-state index in [0.717, 1.165) is 26.2 Å². The summed E-state index contributed by atoms with van der Waals surface area (Å²) in [6, 6.07) is 9.58. The SMILES string of the molecule is Cc1cc(C)c2nc(N(Cc3ccccn3)C(=O)CN3C(=O)CCC3=O)sc2c1. The molecule has 1 saturated heterocycles. The first-order chi connectivity index (χ1) is 13.9. The van der Waals surface area contributed by atoms with Crippen molar-refractivity contribution in [2.45, 2.75) is 33.2 Å². The third kappa shape index (κ3) is 3.88.